The molecule has 0 fully saturated rings. The minimum atomic E-state index is -4.03. The van der Waals surface area contributed by atoms with E-state index in [9.17, 15) is 13.2 Å². The number of fused-ring (bicyclic) bond motifs is 2. The fraction of sp³-hybridized carbons (Fsp3) is 0.278. The molecule has 0 aliphatic carbocycles. The molecule has 8 heteroatoms. The molecule has 136 valence electrons. The fourth-order valence-electron chi connectivity index (χ4n) is 2.88. The molecule has 0 atom stereocenters. The lowest BCUT2D eigenvalue weighted by molar-refractivity contribution is 0.0981. The number of rotatable bonds is 3. The highest BCUT2D eigenvalue weighted by Crippen LogP contribution is 2.32. The summed E-state index contributed by atoms with van der Waals surface area (Å²) in [7, 11) is -4.03. The molecule has 0 radical (unpaired) electrons. The van der Waals surface area contributed by atoms with E-state index in [0.29, 0.717) is 37.7 Å². The number of benzene rings is 2. The first kappa shape index (κ1) is 16.7. The predicted octanol–water partition coefficient (Wildman–Crippen LogP) is 1.90. The van der Waals surface area contributed by atoms with E-state index in [1.165, 1.54) is 18.2 Å². The van der Waals surface area contributed by atoms with E-state index >= 15 is 0 Å². The van der Waals surface area contributed by atoms with Crippen molar-refractivity contribution >= 4 is 15.9 Å². The van der Waals surface area contributed by atoms with Crippen molar-refractivity contribution in [1.82, 2.24) is 4.72 Å². The smallest absolute Gasteiger partial charge is 0.265 e. The molecule has 0 saturated carbocycles. The number of sulfonamides is 1. The topological polar surface area (TPSA) is 90.9 Å². The van der Waals surface area contributed by atoms with Gasteiger partial charge in [-0.15, -0.1) is 0 Å². The number of amides is 1. The Balaban J connectivity index is 1.57. The molecule has 0 spiro atoms. The first-order valence-corrected chi connectivity index (χ1v) is 9.74. The minimum absolute atomic E-state index is 0.0559. The van der Waals surface area contributed by atoms with Crippen molar-refractivity contribution in [1.29, 1.82) is 0 Å². The number of nitrogens with one attached hydrogen (secondary N) is 1. The van der Waals surface area contributed by atoms with Gasteiger partial charge in [-0.05, 0) is 35.9 Å². The van der Waals surface area contributed by atoms with Crippen LogP contribution in [0.1, 0.15) is 22.3 Å². The molecule has 0 unspecified atom stereocenters. The van der Waals surface area contributed by atoms with Crippen LogP contribution >= 0.6 is 0 Å². The van der Waals surface area contributed by atoms with Crippen LogP contribution in [0.4, 0.5) is 0 Å². The molecular weight excluding hydrogens is 358 g/mol. The lowest BCUT2D eigenvalue weighted by Crippen LogP contribution is -2.30. The molecule has 2 aromatic rings. The third-order valence-electron chi connectivity index (χ3n) is 4.21. The summed E-state index contributed by atoms with van der Waals surface area (Å²) < 4.78 is 43.6. The average Bonchev–Trinajstić information content (AvgIpc) is 2.96. The molecule has 2 aliphatic heterocycles. The van der Waals surface area contributed by atoms with Gasteiger partial charge in [-0.3, -0.25) is 4.79 Å². The third kappa shape index (κ3) is 3.20. The van der Waals surface area contributed by atoms with Crippen LogP contribution in [0.3, 0.4) is 0 Å². The van der Waals surface area contributed by atoms with E-state index < -0.39 is 15.9 Å². The van der Waals surface area contributed by atoms with Gasteiger partial charge in [0, 0.05) is 24.5 Å². The summed E-state index contributed by atoms with van der Waals surface area (Å²) in [6.07, 6.45) is 1.42. The molecule has 0 aromatic heterocycles. The summed E-state index contributed by atoms with van der Waals surface area (Å²) in [6, 6.07) is 9.17. The van der Waals surface area contributed by atoms with Crippen LogP contribution in [0.15, 0.2) is 41.3 Å². The van der Waals surface area contributed by atoms with E-state index in [2.05, 4.69) is 4.72 Å². The Morgan fingerprint density at radius 2 is 1.62 bits per heavy atom. The second-order valence-corrected chi connectivity index (χ2v) is 7.70. The van der Waals surface area contributed by atoms with Crippen LogP contribution in [-0.2, 0) is 16.4 Å². The molecule has 2 heterocycles. The highest BCUT2D eigenvalue weighted by molar-refractivity contribution is 7.90. The summed E-state index contributed by atoms with van der Waals surface area (Å²) in [6.45, 7) is 1.52. The minimum Gasteiger partial charge on any atom is -0.493 e. The second kappa shape index (κ2) is 6.53. The maximum Gasteiger partial charge on any atom is 0.265 e. The standard InChI is InChI=1S/C18H17NO6S/c20-18(13-2-4-15-12(10-13)6-9-25-15)19-26(21,22)14-3-5-16-17(11-14)24-8-1-7-23-16/h2-5,10-11H,1,6-9H2,(H,19,20). The zero-order valence-corrected chi connectivity index (χ0v) is 14.7. The van der Waals surface area contributed by atoms with Gasteiger partial charge < -0.3 is 14.2 Å². The van der Waals surface area contributed by atoms with Gasteiger partial charge in [-0.25, -0.2) is 13.1 Å². The highest BCUT2D eigenvalue weighted by Gasteiger charge is 2.23. The van der Waals surface area contributed by atoms with E-state index in [1.807, 2.05) is 0 Å². The van der Waals surface area contributed by atoms with E-state index in [4.69, 9.17) is 14.2 Å². The largest absolute Gasteiger partial charge is 0.493 e. The zero-order valence-electron chi connectivity index (χ0n) is 13.9. The van der Waals surface area contributed by atoms with Crippen molar-refractivity contribution in [3.05, 3.63) is 47.5 Å². The molecule has 4 rings (SSSR count). The van der Waals surface area contributed by atoms with Gasteiger partial charge in [0.05, 0.1) is 24.7 Å². The summed E-state index contributed by atoms with van der Waals surface area (Å²) in [5.74, 6) is 0.887. The van der Waals surface area contributed by atoms with Crippen molar-refractivity contribution in [2.45, 2.75) is 17.7 Å². The van der Waals surface area contributed by atoms with Crippen molar-refractivity contribution < 1.29 is 27.4 Å². The first-order valence-electron chi connectivity index (χ1n) is 8.25. The lowest BCUT2D eigenvalue weighted by atomic mass is 10.1. The molecule has 26 heavy (non-hydrogen) atoms. The summed E-state index contributed by atoms with van der Waals surface area (Å²) >= 11 is 0. The molecule has 1 N–H and O–H groups in total. The maximum absolute atomic E-state index is 12.6. The third-order valence-corrected chi connectivity index (χ3v) is 5.54. The van der Waals surface area contributed by atoms with Gasteiger partial charge in [0.15, 0.2) is 11.5 Å². The Hall–Kier alpha value is -2.74. The Kier molecular flexibility index (Phi) is 4.20. The molecule has 2 aliphatic rings. The highest BCUT2D eigenvalue weighted by atomic mass is 32.2. The van der Waals surface area contributed by atoms with Crippen LogP contribution in [0.2, 0.25) is 0 Å². The van der Waals surface area contributed by atoms with Gasteiger partial charge in [-0.1, -0.05) is 0 Å². The van der Waals surface area contributed by atoms with E-state index in [0.717, 1.165) is 17.7 Å². The lowest BCUT2D eigenvalue weighted by Gasteiger charge is -2.11. The number of carbonyl (C=O) groups excluding carboxylic acids is 1. The monoisotopic (exact) mass is 375 g/mol. The Bertz CT molecular complexity index is 970. The quantitative estimate of drug-likeness (QED) is 0.881. The molecular formula is C18H17NO6S. The van der Waals surface area contributed by atoms with Crippen LogP contribution in [-0.4, -0.2) is 34.1 Å². The number of hydrogen-bond donors (Lipinski definition) is 1. The summed E-state index contributed by atoms with van der Waals surface area (Å²) in [5.41, 5.74) is 1.16. The number of hydrogen-bond acceptors (Lipinski definition) is 6. The number of carbonyl (C=O) groups is 1. The summed E-state index contributed by atoms with van der Waals surface area (Å²) in [4.78, 5) is 12.3. The van der Waals surface area contributed by atoms with Crippen LogP contribution < -0.4 is 18.9 Å². The van der Waals surface area contributed by atoms with Gasteiger partial charge in [0.2, 0.25) is 0 Å². The average molecular weight is 375 g/mol. The van der Waals surface area contributed by atoms with Crippen molar-refractivity contribution in [3.63, 3.8) is 0 Å². The molecule has 1 amide bonds. The molecule has 2 aromatic carbocycles. The normalized spacial score (nSPS) is 15.5. The SMILES string of the molecule is O=C(NS(=O)(=O)c1ccc2c(c1)OCCCO2)c1ccc2c(c1)CCO2. The van der Waals surface area contributed by atoms with Crippen LogP contribution in [0, 0.1) is 0 Å². The first-order chi connectivity index (χ1) is 12.5. The van der Waals surface area contributed by atoms with Crippen LogP contribution in [0.25, 0.3) is 0 Å². The van der Waals surface area contributed by atoms with Gasteiger partial charge >= 0.3 is 0 Å². The molecule has 7 nitrogen and oxygen atoms in total. The van der Waals surface area contributed by atoms with Crippen molar-refractivity contribution in [2.24, 2.45) is 0 Å². The Morgan fingerprint density at radius 1 is 0.885 bits per heavy atom. The zero-order chi connectivity index (χ0) is 18.1. The van der Waals surface area contributed by atoms with Crippen LogP contribution in [0.5, 0.6) is 17.2 Å². The number of ether oxygens (including phenoxy) is 3. The fourth-order valence-corrected chi connectivity index (χ4v) is 3.87. The summed E-state index contributed by atoms with van der Waals surface area (Å²) in [5, 5.41) is 0. The van der Waals surface area contributed by atoms with Gasteiger partial charge in [0.25, 0.3) is 15.9 Å². The van der Waals surface area contributed by atoms with Crippen molar-refractivity contribution in [3.8, 4) is 17.2 Å². The Morgan fingerprint density at radius 3 is 2.46 bits per heavy atom. The van der Waals surface area contributed by atoms with E-state index in [1.54, 1.807) is 18.2 Å². The van der Waals surface area contributed by atoms with Gasteiger partial charge in [-0.2, -0.15) is 0 Å². The molecule has 0 bridgehead atoms. The Labute approximate surface area is 150 Å². The second-order valence-electron chi connectivity index (χ2n) is 6.01. The predicted molar refractivity (Wildman–Crippen MR) is 92.3 cm³/mol. The van der Waals surface area contributed by atoms with Crippen molar-refractivity contribution in [2.75, 3.05) is 19.8 Å². The van der Waals surface area contributed by atoms with E-state index in [-0.39, 0.29) is 10.5 Å². The van der Waals surface area contributed by atoms with Gasteiger partial charge in [0.1, 0.15) is 5.75 Å². The maximum atomic E-state index is 12.6. The molecule has 0 saturated heterocycles.